The van der Waals surface area contributed by atoms with Gasteiger partial charge in [0.1, 0.15) is 0 Å². The molecule has 0 heterocycles. The van der Waals surface area contributed by atoms with Gasteiger partial charge in [-0.15, -0.1) is 0 Å². The molecular formula is C9H16S. The lowest BCUT2D eigenvalue weighted by molar-refractivity contribution is 0.414. The quantitative estimate of drug-likeness (QED) is 0.438. The third-order valence-corrected chi connectivity index (χ3v) is 2.81. The Morgan fingerprint density at radius 1 is 1.50 bits per heavy atom. The molecule has 2 atom stereocenters. The number of rotatable bonds is 1. The lowest BCUT2D eigenvalue weighted by Crippen LogP contribution is -2.15. The fourth-order valence-corrected chi connectivity index (χ4v) is 2.05. The Kier molecular flexibility index (Phi) is 2.84. The molecule has 0 saturated heterocycles. The zero-order valence-corrected chi connectivity index (χ0v) is 7.53. The van der Waals surface area contributed by atoms with E-state index in [0.29, 0.717) is 5.25 Å². The van der Waals surface area contributed by atoms with Crippen molar-refractivity contribution in [1.82, 2.24) is 0 Å². The van der Waals surface area contributed by atoms with E-state index in [2.05, 4.69) is 26.1 Å². The van der Waals surface area contributed by atoms with Crippen LogP contribution in [0.5, 0.6) is 0 Å². The molecule has 1 saturated carbocycles. The molecule has 1 fully saturated rings. The first kappa shape index (κ1) is 8.19. The number of hydrogen-bond donors (Lipinski definition) is 1. The van der Waals surface area contributed by atoms with Gasteiger partial charge in [-0.1, -0.05) is 18.6 Å². The van der Waals surface area contributed by atoms with Crippen LogP contribution in [0.1, 0.15) is 32.6 Å². The van der Waals surface area contributed by atoms with E-state index in [4.69, 9.17) is 0 Å². The van der Waals surface area contributed by atoms with E-state index in [1.54, 1.807) is 0 Å². The number of thiol groups is 1. The largest absolute Gasteiger partial charge is 0.176 e. The van der Waals surface area contributed by atoms with Gasteiger partial charge >= 0.3 is 0 Å². The van der Waals surface area contributed by atoms with Crippen molar-refractivity contribution in [2.45, 2.75) is 37.9 Å². The molecule has 58 valence electrons. The molecule has 0 bridgehead atoms. The Labute approximate surface area is 69.1 Å². The fraction of sp³-hybridized carbons (Fsp3) is 0.778. The number of allylic oxidation sites excluding steroid dienone is 1. The van der Waals surface area contributed by atoms with Crippen LogP contribution in [0, 0.1) is 5.92 Å². The van der Waals surface area contributed by atoms with Gasteiger partial charge in [0, 0.05) is 5.25 Å². The van der Waals surface area contributed by atoms with Gasteiger partial charge in [0.15, 0.2) is 0 Å². The molecule has 1 aliphatic rings. The zero-order valence-electron chi connectivity index (χ0n) is 6.64. The predicted molar refractivity (Wildman–Crippen MR) is 49.5 cm³/mol. The highest BCUT2D eigenvalue weighted by atomic mass is 32.1. The highest BCUT2D eigenvalue weighted by Gasteiger charge is 2.19. The monoisotopic (exact) mass is 156 g/mol. The molecule has 2 unspecified atom stereocenters. The van der Waals surface area contributed by atoms with Crippen molar-refractivity contribution >= 4 is 12.6 Å². The molecule has 0 N–H and O–H groups in total. The topological polar surface area (TPSA) is 0 Å². The first-order valence-corrected chi connectivity index (χ1v) is 4.55. The van der Waals surface area contributed by atoms with Crippen LogP contribution in [0.3, 0.4) is 0 Å². The lowest BCUT2D eigenvalue weighted by Gasteiger charge is -2.26. The molecule has 0 aromatic carbocycles. The molecule has 0 radical (unpaired) electrons. The van der Waals surface area contributed by atoms with E-state index in [0.717, 1.165) is 5.92 Å². The normalized spacial score (nSPS) is 33.8. The zero-order chi connectivity index (χ0) is 7.56. The Hall–Kier alpha value is 0.0900. The van der Waals surface area contributed by atoms with Crippen LogP contribution in [-0.4, -0.2) is 5.25 Å². The van der Waals surface area contributed by atoms with Crippen molar-refractivity contribution in [3.8, 4) is 0 Å². The molecule has 0 amide bonds. The Morgan fingerprint density at radius 2 is 2.20 bits per heavy atom. The van der Waals surface area contributed by atoms with Crippen LogP contribution in [0.2, 0.25) is 0 Å². The fourth-order valence-electron chi connectivity index (χ4n) is 1.61. The van der Waals surface area contributed by atoms with Crippen molar-refractivity contribution in [1.29, 1.82) is 0 Å². The minimum atomic E-state index is 0.635. The summed E-state index contributed by atoms with van der Waals surface area (Å²) in [7, 11) is 0. The van der Waals surface area contributed by atoms with E-state index in [-0.39, 0.29) is 0 Å². The molecule has 0 spiro atoms. The second-order valence-electron chi connectivity index (χ2n) is 3.36. The standard InChI is InChI=1S/C9H16S/c1-7(2)8-4-3-5-9(10)6-8/h8-10H,1,3-6H2,2H3. The van der Waals surface area contributed by atoms with Crippen LogP contribution in [0.4, 0.5) is 0 Å². The molecule has 0 aromatic rings. The smallest absolute Gasteiger partial charge is 0.00225 e. The summed E-state index contributed by atoms with van der Waals surface area (Å²) in [5, 5.41) is 0.635. The minimum absolute atomic E-state index is 0.635. The highest BCUT2D eigenvalue weighted by Crippen LogP contribution is 2.31. The van der Waals surface area contributed by atoms with Crippen molar-refractivity contribution in [3.63, 3.8) is 0 Å². The average molecular weight is 156 g/mol. The average Bonchev–Trinajstić information content (AvgIpc) is 1.88. The maximum Gasteiger partial charge on any atom is 0.00225 e. The van der Waals surface area contributed by atoms with E-state index in [1.807, 2.05) is 0 Å². The molecule has 1 heteroatoms. The summed E-state index contributed by atoms with van der Waals surface area (Å²) in [6.45, 7) is 6.11. The summed E-state index contributed by atoms with van der Waals surface area (Å²) in [5.41, 5.74) is 1.35. The molecule has 0 aromatic heterocycles. The minimum Gasteiger partial charge on any atom is -0.176 e. The summed E-state index contributed by atoms with van der Waals surface area (Å²) >= 11 is 4.47. The Morgan fingerprint density at radius 3 is 2.60 bits per heavy atom. The van der Waals surface area contributed by atoms with Crippen LogP contribution in [-0.2, 0) is 0 Å². The third-order valence-electron chi connectivity index (χ3n) is 2.34. The van der Waals surface area contributed by atoms with Gasteiger partial charge in [0.25, 0.3) is 0 Å². The van der Waals surface area contributed by atoms with Crippen LogP contribution in [0.15, 0.2) is 12.2 Å². The van der Waals surface area contributed by atoms with E-state index in [1.165, 1.54) is 31.3 Å². The van der Waals surface area contributed by atoms with Gasteiger partial charge in [-0.3, -0.25) is 0 Å². The predicted octanol–water partition coefficient (Wildman–Crippen LogP) is 3.05. The maximum absolute atomic E-state index is 4.47. The Bertz CT molecular complexity index is 129. The first-order valence-electron chi connectivity index (χ1n) is 4.03. The molecule has 0 nitrogen and oxygen atoms in total. The van der Waals surface area contributed by atoms with E-state index in [9.17, 15) is 0 Å². The van der Waals surface area contributed by atoms with Gasteiger partial charge in [-0.2, -0.15) is 12.6 Å². The SMILES string of the molecule is C=C(C)C1CCCC(S)C1. The lowest BCUT2D eigenvalue weighted by atomic mass is 9.85. The first-order chi connectivity index (χ1) is 4.70. The highest BCUT2D eigenvalue weighted by molar-refractivity contribution is 7.80. The molecule has 1 aliphatic carbocycles. The van der Waals surface area contributed by atoms with Crippen molar-refractivity contribution < 1.29 is 0 Å². The van der Waals surface area contributed by atoms with Crippen LogP contribution in [0.25, 0.3) is 0 Å². The second kappa shape index (κ2) is 3.47. The van der Waals surface area contributed by atoms with E-state index < -0.39 is 0 Å². The Balaban J connectivity index is 2.39. The van der Waals surface area contributed by atoms with Gasteiger partial charge < -0.3 is 0 Å². The van der Waals surface area contributed by atoms with Crippen LogP contribution < -0.4 is 0 Å². The van der Waals surface area contributed by atoms with Gasteiger partial charge in [-0.25, -0.2) is 0 Å². The third kappa shape index (κ3) is 2.05. The summed E-state index contributed by atoms with van der Waals surface area (Å²) in [4.78, 5) is 0. The summed E-state index contributed by atoms with van der Waals surface area (Å²) < 4.78 is 0. The van der Waals surface area contributed by atoms with Gasteiger partial charge in [-0.05, 0) is 32.1 Å². The van der Waals surface area contributed by atoms with E-state index >= 15 is 0 Å². The van der Waals surface area contributed by atoms with Crippen molar-refractivity contribution in [2.75, 3.05) is 0 Å². The summed E-state index contributed by atoms with van der Waals surface area (Å²) in [5.74, 6) is 0.760. The molecule has 10 heavy (non-hydrogen) atoms. The summed E-state index contributed by atoms with van der Waals surface area (Å²) in [6.07, 6.45) is 5.23. The van der Waals surface area contributed by atoms with Gasteiger partial charge in [0.2, 0.25) is 0 Å². The summed E-state index contributed by atoms with van der Waals surface area (Å²) in [6, 6.07) is 0. The second-order valence-corrected chi connectivity index (χ2v) is 4.09. The number of hydrogen-bond acceptors (Lipinski definition) is 1. The van der Waals surface area contributed by atoms with Crippen LogP contribution >= 0.6 is 12.6 Å². The van der Waals surface area contributed by atoms with Gasteiger partial charge in [0.05, 0.1) is 0 Å². The molecule has 0 aliphatic heterocycles. The molecule has 1 rings (SSSR count). The maximum atomic E-state index is 4.47. The van der Waals surface area contributed by atoms with Crippen molar-refractivity contribution in [3.05, 3.63) is 12.2 Å². The van der Waals surface area contributed by atoms with Crippen molar-refractivity contribution in [2.24, 2.45) is 5.92 Å². The molecular weight excluding hydrogens is 140 g/mol.